The number of rotatable bonds is 1. The normalized spacial score (nSPS) is 9.64. The SMILES string of the molecule is NC(=S)c1cc(F)[c]cc1F. The van der Waals surface area contributed by atoms with Crippen LogP contribution in [0.1, 0.15) is 5.56 Å². The Kier molecular flexibility index (Phi) is 2.14. The first-order valence-corrected chi connectivity index (χ1v) is 3.18. The number of hydrogen-bond donors (Lipinski definition) is 1. The number of halogens is 2. The molecule has 0 aliphatic carbocycles. The lowest BCUT2D eigenvalue weighted by Crippen LogP contribution is -2.11. The van der Waals surface area contributed by atoms with Crippen LogP contribution in [0.15, 0.2) is 12.1 Å². The van der Waals surface area contributed by atoms with E-state index in [1.165, 1.54) is 0 Å². The molecule has 1 aromatic rings. The Hall–Kier alpha value is -1.03. The van der Waals surface area contributed by atoms with Gasteiger partial charge in [-0.05, 0) is 12.1 Å². The zero-order chi connectivity index (χ0) is 8.43. The first-order chi connectivity index (χ1) is 5.11. The van der Waals surface area contributed by atoms with Crippen molar-refractivity contribution in [2.45, 2.75) is 0 Å². The highest BCUT2D eigenvalue weighted by molar-refractivity contribution is 7.80. The molecule has 2 N–H and O–H groups in total. The average molecular weight is 172 g/mol. The molecule has 0 aliphatic heterocycles. The molecule has 1 rings (SSSR count). The van der Waals surface area contributed by atoms with E-state index in [0.29, 0.717) is 0 Å². The van der Waals surface area contributed by atoms with Gasteiger partial charge in [0.05, 0.1) is 0 Å². The van der Waals surface area contributed by atoms with Crippen LogP contribution in [0.25, 0.3) is 0 Å². The highest BCUT2D eigenvalue weighted by Gasteiger charge is 2.05. The fraction of sp³-hybridized carbons (Fsp3) is 0. The first kappa shape index (κ1) is 8.07. The van der Waals surface area contributed by atoms with Crippen molar-refractivity contribution in [2.24, 2.45) is 5.73 Å². The Balaban J connectivity index is 3.23. The molecular weight excluding hydrogens is 168 g/mol. The van der Waals surface area contributed by atoms with Gasteiger partial charge in [0, 0.05) is 11.6 Å². The predicted octanol–water partition coefficient (Wildman–Crippen LogP) is 1.40. The van der Waals surface area contributed by atoms with Gasteiger partial charge in [-0.3, -0.25) is 0 Å². The van der Waals surface area contributed by atoms with Gasteiger partial charge >= 0.3 is 0 Å². The van der Waals surface area contributed by atoms with E-state index < -0.39 is 11.6 Å². The summed E-state index contributed by atoms with van der Waals surface area (Å²) in [6.45, 7) is 0. The van der Waals surface area contributed by atoms with Crippen LogP contribution in [-0.2, 0) is 0 Å². The second-order valence-electron chi connectivity index (χ2n) is 1.91. The maximum Gasteiger partial charge on any atom is 0.134 e. The van der Waals surface area contributed by atoms with Crippen LogP contribution in [-0.4, -0.2) is 4.99 Å². The van der Waals surface area contributed by atoms with Gasteiger partial charge in [-0.25, -0.2) is 8.78 Å². The lowest BCUT2D eigenvalue weighted by molar-refractivity contribution is 0.596. The largest absolute Gasteiger partial charge is 0.389 e. The number of nitrogens with two attached hydrogens (primary N) is 1. The first-order valence-electron chi connectivity index (χ1n) is 2.78. The van der Waals surface area contributed by atoms with Crippen LogP contribution in [0.5, 0.6) is 0 Å². The van der Waals surface area contributed by atoms with Crippen LogP contribution in [0.2, 0.25) is 0 Å². The molecule has 0 spiro atoms. The standard InChI is InChI=1S/C7H4F2NS/c8-4-1-2-6(9)5(3-4)7(10)11/h2-3H,(H2,10,11). The molecule has 1 nitrogen and oxygen atoms in total. The van der Waals surface area contributed by atoms with Crippen molar-refractivity contribution in [3.05, 3.63) is 35.4 Å². The van der Waals surface area contributed by atoms with E-state index in [2.05, 4.69) is 12.2 Å². The molecule has 0 aromatic heterocycles. The second-order valence-corrected chi connectivity index (χ2v) is 2.35. The zero-order valence-corrected chi connectivity index (χ0v) is 6.21. The third kappa shape index (κ3) is 1.71. The van der Waals surface area contributed by atoms with E-state index in [4.69, 9.17) is 5.73 Å². The number of hydrogen-bond acceptors (Lipinski definition) is 1. The monoisotopic (exact) mass is 172 g/mol. The topological polar surface area (TPSA) is 26.0 Å². The highest BCUT2D eigenvalue weighted by atomic mass is 32.1. The lowest BCUT2D eigenvalue weighted by atomic mass is 10.2. The molecule has 57 valence electrons. The van der Waals surface area contributed by atoms with Crippen LogP contribution in [0, 0.1) is 17.7 Å². The van der Waals surface area contributed by atoms with Crippen molar-refractivity contribution in [1.29, 1.82) is 0 Å². The maximum absolute atomic E-state index is 12.7. The summed E-state index contributed by atoms with van der Waals surface area (Å²) in [5, 5.41) is 0. The molecule has 0 saturated heterocycles. The van der Waals surface area contributed by atoms with E-state index in [1.54, 1.807) is 0 Å². The molecule has 0 bridgehead atoms. The van der Waals surface area contributed by atoms with Gasteiger partial charge in [0.2, 0.25) is 0 Å². The average Bonchev–Trinajstić information content (AvgIpc) is 1.94. The Labute approximate surface area is 67.8 Å². The number of benzene rings is 1. The molecule has 4 heteroatoms. The molecule has 0 unspecified atom stereocenters. The van der Waals surface area contributed by atoms with Crippen molar-refractivity contribution < 1.29 is 8.78 Å². The molecule has 11 heavy (non-hydrogen) atoms. The summed E-state index contributed by atoms with van der Waals surface area (Å²) in [4.78, 5) is -0.157. The maximum atomic E-state index is 12.7. The van der Waals surface area contributed by atoms with E-state index in [9.17, 15) is 8.78 Å². The van der Waals surface area contributed by atoms with Crippen LogP contribution < -0.4 is 5.73 Å². The van der Waals surface area contributed by atoms with Crippen molar-refractivity contribution in [1.82, 2.24) is 0 Å². The molecule has 0 saturated carbocycles. The molecule has 0 fully saturated rings. The molecule has 1 aromatic carbocycles. The van der Waals surface area contributed by atoms with Crippen molar-refractivity contribution in [2.75, 3.05) is 0 Å². The molecule has 1 radical (unpaired) electrons. The molecule has 0 heterocycles. The fourth-order valence-corrected chi connectivity index (χ4v) is 0.793. The van der Waals surface area contributed by atoms with E-state index >= 15 is 0 Å². The highest BCUT2D eigenvalue weighted by Crippen LogP contribution is 2.08. The molecule has 0 amide bonds. The Morgan fingerprint density at radius 1 is 1.55 bits per heavy atom. The Morgan fingerprint density at radius 2 is 2.18 bits per heavy atom. The van der Waals surface area contributed by atoms with Gasteiger partial charge in [-0.1, -0.05) is 12.2 Å². The van der Waals surface area contributed by atoms with Crippen LogP contribution in [0.3, 0.4) is 0 Å². The Bertz CT molecular complexity index is 298. The smallest absolute Gasteiger partial charge is 0.134 e. The van der Waals surface area contributed by atoms with Crippen LogP contribution >= 0.6 is 12.2 Å². The van der Waals surface area contributed by atoms with Crippen molar-refractivity contribution in [3.8, 4) is 0 Å². The summed E-state index contributed by atoms with van der Waals surface area (Å²) in [5.41, 5.74) is 5.01. The lowest BCUT2D eigenvalue weighted by Gasteiger charge is -1.98. The van der Waals surface area contributed by atoms with E-state index in [-0.39, 0.29) is 10.6 Å². The molecule has 0 atom stereocenters. The van der Waals surface area contributed by atoms with Crippen molar-refractivity contribution in [3.63, 3.8) is 0 Å². The fourth-order valence-electron chi connectivity index (χ4n) is 0.636. The van der Waals surface area contributed by atoms with E-state index in [0.717, 1.165) is 12.1 Å². The summed E-state index contributed by atoms with van der Waals surface area (Å²) < 4.78 is 25.0. The van der Waals surface area contributed by atoms with Crippen LogP contribution in [0.4, 0.5) is 8.78 Å². The molecule has 0 aliphatic rings. The van der Waals surface area contributed by atoms with Gasteiger partial charge in [-0.15, -0.1) is 0 Å². The predicted molar refractivity (Wildman–Crippen MR) is 41.1 cm³/mol. The van der Waals surface area contributed by atoms with Crippen molar-refractivity contribution >= 4 is 17.2 Å². The third-order valence-corrected chi connectivity index (χ3v) is 1.35. The summed E-state index contributed by atoms with van der Waals surface area (Å²) in [5.74, 6) is -1.33. The zero-order valence-electron chi connectivity index (χ0n) is 5.40. The molecular formula is C7H4F2NS. The Morgan fingerprint density at radius 3 is 2.64 bits per heavy atom. The minimum atomic E-state index is -0.672. The van der Waals surface area contributed by atoms with Gasteiger partial charge in [0.15, 0.2) is 0 Å². The minimum absolute atomic E-state index is 0.0868. The second kappa shape index (κ2) is 2.92. The quantitative estimate of drug-likeness (QED) is 0.648. The van der Waals surface area contributed by atoms with Gasteiger partial charge < -0.3 is 5.73 Å². The van der Waals surface area contributed by atoms with Gasteiger partial charge in [0.25, 0.3) is 0 Å². The minimum Gasteiger partial charge on any atom is -0.389 e. The number of thiocarbonyl (C=S) groups is 1. The third-order valence-electron chi connectivity index (χ3n) is 1.13. The summed E-state index contributed by atoms with van der Waals surface area (Å²) >= 11 is 4.47. The van der Waals surface area contributed by atoms with E-state index in [1.807, 2.05) is 6.07 Å². The van der Waals surface area contributed by atoms with Gasteiger partial charge in [-0.2, -0.15) is 0 Å². The summed E-state index contributed by atoms with van der Waals surface area (Å²) in [6, 6.07) is 3.82. The van der Waals surface area contributed by atoms with Gasteiger partial charge in [0.1, 0.15) is 16.6 Å². The summed E-state index contributed by atoms with van der Waals surface area (Å²) in [6.07, 6.45) is 0. The summed E-state index contributed by atoms with van der Waals surface area (Å²) in [7, 11) is 0.